The molecule has 59 valence electrons. The highest BCUT2D eigenvalue weighted by molar-refractivity contribution is 4.82. The molecule has 0 saturated carbocycles. The molecule has 0 aromatic rings. The van der Waals surface area contributed by atoms with Gasteiger partial charge in [-0.25, -0.2) is 5.32 Å². The third-order valence-corrected chi connectivity index (χ3v) is 1.95. The van der Waals surface area contributed by atoms with Crippen LogP contribution in [0, 0.1) is 0 Å². The summed E-state index contributed by atoms with van der Waals surface area (Å²) in [6.45, 7) is 5.08. The fourth-order valence-corrected chi connectivity index (χ4v) is 1.20. The lowest BCUT2D eigenvalue weighted by molar-refractivity contribution is 0.219. The predicted molar refractivity (Wildman–Crippen MR) is 41.9 cm³/mol. The molecule has 0 aliphatic carbocycles. The van der Waals surface area contributed by atoms with E-state index < -0.39 is 0 Å². The molecular formula is C7H16N3. The number of hydrogen-bond donors (Lipinski definition) is 1. The molecule has 1 aliphatic rings. The Morgan fingerprint density at radius 2 is 2.40 bits per heavy atom. The second kappa shape index (κ2) is 3.32. The minimum atomic E-state index is 0.211. The van der Waals surface area contributed by atoms with Crippen molar-refractivity contribution in [3.8, 4) is 0 Å². The summed E-state index contributed by atoms with van der Waals surface area (Å²) >= 11 is 0. The van der Waals surface area contributed by atoms with Crippen molar-refractivity contribution in [2.75, 3.05) is 26.7 Å². The van der Waals surface area contributed by atoms with Crippen LogP contribution in [0.4, 0.5) is 0 Å². The highest BCUT2D eigenvalue weighted by Crippen LogP contribution is 1.99. The fraction of sp³-hybridized carbons (Fsp3) is 1.00. The molecule has 2 unspecified atom stereocenters. The van der Waals surface area contributed by atoms with Gasteiger partial charge in [0, 0.05) is 25.7 Å². The summed E-state index contributed by atoms with van der Waals surface area (Å²) in [5.74, 6) is 0. The minimum absolute atomic E-state index is 0.211. The molecule has 3 nitrogen and oxygen atoms in total. The summed E-state index contributed by atoms with van der Waals surface area (Å²) < 4.78 is 0. The van der Waals surface area contributed by atoms with Gasteiger partial charge in [0.1, 0.15) is 0 Å². The van der Waals surface area contributed by atoms with Crippen molar-refractivity contribution >= 4 is 0 Å². The van der Waals surface area contributed by atoms with Crippen LogP contribution in [0.2, 0.25) is 0 Å². The lowest BCUT2D eigenvalue weighted by atomic mass is 10.1. The number of nitrogens with two attached hydrogens (primary N) is 1. The van der Waals surface area contributed by atoms with E-state index >= 15 is 0 Å². The Bertz CT molecular complexity index is 103. The van der Waals surface area contributed by atoms with E-state index in [1.54, 1.807) is 0 Å². The summed E-state index contributed by atoms with van der Waals surface area (Å²) in [4.78, 5) is 2.28. The molecule has 2 N–H and O–H groups in total. The second-order valence-electron chi connectivity index (χ2n) is 3.09. The van der Waals surface area contributed by atoms with Gasteiger partial charge >= 0.3 is 0 Å². The van der Waals surface area contributed by atoms with Crippen molar-refractivity contribution in [2.24, 2.45) is 5.73 Å². The first-order valence-electron chi connectivity index (χ1n) is 3.81. The van der Waals surface area contributed by atoms with Gasteiger partial charge in [0.2, 0.25) is 0 Å². The molecule has 1 saturated heterocycles. The summed E-state index contributed by atoms with van der Waals surface area (Å²) in [6, 6.07) is 0.571. The maximum absolute atomic E-state index is 5.71. The lowest BCUT2D eigenvalue weighted by Gasteiger charge is -2.31. The first kappa shape index (κ1) is 7.98. The topological polar surface area (TPSA) is 43.4 Å². The molecule has 0 amide bonds. The molecule has 1 aliphatic heterocycles. The van der Waals surface area contributed by atoms with Crippen molar-refractivity contribution in [1.82, 2.24) is 10.2 Å². The SMILES string of the molecule is CC(N)C1CN(C)CC[N]1. The Morgan fingerprint density at radius 1 is 1.70 bits per heavy atom. The fourth-order valence-electron chi connectivity index (χ4n) is 1.20. The number of likely N-dealkylation sites (N-methyl/N-ethyl adjacent to an activating group) is 1. The van der Waals surface area contributed by atoms with Crippen LogP contribution in [0.1, 0.15) is 6.92 Å². The van der Waals surface area contributed by atoms with E-state index in [1.807, 2.05) is 6.92 Å². The zero-order chi connectivity index (χ0) is 7.56. The number of hydrogen-bond acceptors (Lipinski definition) is 2. The first-order chi connectivity index (χ1) is 4.70. The van der Waals surface area contributed by atoms with Gasteiger partial charge in [0.05, 0.1) is 6.04 Å². The minimum Gasteiger partial charge on any atom is -0.326 e. The number of nitrogens with zero attached hydrogens (tertiary/aromatic N) is 2. The molecule has 1 fully saturated rings. The van der Waals surface area contributed by atoms with Crippen molar-refractivity contribution < 1.29 is 0 Å². The zero-order valence-corrected chi connectivity index (χ0v) is 6.75. The molecular weight excluding hydrogens is 126 g/mol. The van der Waals surface area contributed by atoms with Gasteiger partial charge in [-0.1, -0.05) is 0 Å². The van der Waals surface area contributed by atoms with Gasteiger partial charge in [-0.05, 0) is 14.0 Å². The van der Waals surface area contributed by atoms with Crippen LogP contribution in [-0.2, 0) is 0 Å². The highest BCUT2D eigenvalue weighted by atomic mass is 15.2. The van der Waals surface area contributed by atoms with Gasteiger partial charge < -0.3 is 10.6 Å². The number of piperazine rings is 1. The summed E-state index contributed by atoms with van der Waals surface area (Å²) in [5.41, 5.74) is 5.71. The van der Waals surface area contributed by atoms with E-state index in [4.69, 9.17) is 5.73 Å². The third-order valence-electron chi connectivity index (χ3n) is 1.95. The Morgan fingerprint density at radius 3 is 2.80 bits per heavy atom. The van der Waals surface area contributed by atoms with Crippen LogP contribution >= 0.6 is 0 Å². The second-order valence-corrected chi connectivity index (χ2v) is 3.09. The normalized spacial score (nSPS) is 32.1. The van der Waals surface area contributed by atoms with E-state index in [0.29, 0.717) is 6.04 Å². The average molecular weight is 142 g/mol. The monoisotopic (exact) mass is 142 g/mol. The first-order valence-corrected chi connectivity index (χ1v) is 3.81. The number of rotatable bonds is 1. The third kappa shape index (κ3) is 1.94. The molecule has 10 heavy (non-hydrogen) atoms. The molecule has 3 heteroatoms. The summed E-state index contributed by atoms with van der Waals surface area (Å²) in [6.07, 6.45) is 0. The Balaban J connectivity index is 2.32. The van der Waals surface area contributed by atoms with Gasteiger partial charge in [0.25, 0.3) is 0 Å². The van der Waals surface area contributed by atoms with Gasteiger partial charge in [0.15, 0.2) is 0 Å². The predicted octanol–water partition coefficient (Wildman–Crippen LogP) is -0.748. The van der Waals surface area contributed by atoms with E-state index in [-0.39, 0.29) is 6.04 Å². The standard InChI is InChI=1S/C7H16N3/c1-6(8)7-5-10(2)4-3-9-7/h6-7H,3-5,8H2,1-2H3. The van der Waals surface area contributed by atoms with Gasteiger partial charge in [-0.3, -0.25) is 0 Å². The molecule has 1 heterocycles. The highest BCUT2D eigenvalue weighted by Gasteiger charge is 2.20. The van der Waals surface area contributed by atoms with Crippen LogP contribution in [0.25, 0.3) is 0 Å². The van der Waals surface area contributed by atoms with Crippen molar-refractivity contribution in [2.45, 2.75) is 19.0 Å². The van der Waals surface area contributed by atoms with E-state index in [9.17, 15) is 0 Å². The maximum atomic E-state index is 5.71. The van der Waals surface area contributed by atoms with Crippen LogP contribution < -0.4 is 11.1 Å². The van der Waals surface area contributed by atoms with E-state index in [2.05, 4.69) is 17.3 Å². The van der Waals surface area contributed by atoms with Crippen molar-refractivity contribution in [1.29, 1.82) is 0 Å². The molecule has 0 bridgehead atoms. The molecule has 0 aromatic carbocycles. The Labute approximate surface area is 62.6 Å². The van der Waals surface area contributed by atoms with Gasteiger partial charge in [-0.2, -0.15) is 0 Å². The summed E-state index contributed by atoms with van der Waals surface area (Å²) in [5, 5.41) is 4.41. The summed E-state index contributed by atoms with van der Waals surface area (Å²) in [7, 11) is 2.12. The molecule has 0 spiro atoms. The van der Waals surface area contributed by atoms with E-state index in [1.165, 1.54) is 0 Å². The quantitative estimate of drug-likeness (QED) is 0.523. The molecule has 0 aromatic heterocycles. The zero-order valence-electron chi connectivity index (χ0n) is 6.75. The Kier molecular flexibility index (Phi) is 2.65. The molecule has 2 atom stereocenters. The Hall–Kier alpha value is -0.120. The average Bonchev–Trinajstić information content (AvgIpc) is 1.88. The molecule has 1 radical (unpaired) electrons. The van der Waals surface area contributed by atoms with E-state index in [0.717, 1.165) is 19.6 Å². The van der Waals surface area contributed by atoms with Gasteiger partial charge in [-0.15, -0.1) is 0 Å². The van der Waals surface area contributed by atoms with Crippen LogP contribution in [0.3, 0.4) is 0 Å². The maximum Gasteiger partial charge on any atom is 0.0522 e. The van der Waals surface area contributed by atoms with Crippen LogP contribution in [0.5, 0.6) is 0 Å². The molecule has 1 rings (SSSR count). The van der Waals surface area contributed by atoms with Crippen LogP contribution in [-0.4, -0.2) is 43.7 Å². The van der Waals surface area contributed by atoms with Crippen molar-refractivity contribution in [3.63, 3.8) is 0 Å². The lowest BCUT2D eigenvalue weighted by Crippen LogP contribution is -2.52. The van der Waals surface area contributed by atoms with Crippen molar-refractivity contribution in [3.05, 3.63) is 0 Å². The smallest absolute Gasteiger partial charge is 0.0522 e. The largest absolute Gasteiger partial charge is 0.326 e. The van der Waals surface area contributed by atoms with Crippen LogP contribution in [0.15, 0.2) is 0 Å².